The molecule has 0 spiro atoms. The van der Waals surface area contributed by atoms with Crippen molar-refractivity contribution in [1.29, 1.82) is 5.26 Å². The zero-order chi connectivity index (χ0) is 22.3. The number of nitriles is 1. The van der Waals surface area contributed by atoms with E-state index >= 15 is 0 Å². The number of rotatable bonds is 7. The summed E-state index contributed by atoms with van der Waals surface area (Å²) in [5.74, 6) is 0.655. The summed E-state index contributed by atoms with van der Waals surface area (Å²) < 4.78 is 36.8. The third kappa shape index (κ3) is 6.17. The zero-order valence-corrected chi connectivity index (χ0v) is 16.8. The molecular formula is C22H17N3O5S. The number of nitrogens with zero attached hydrogens (tertiary/aromatic N) is 1. The Morgan fingerprint density at radius 2 is 1.48 bits per heavy atom. The fourth-order valence-corrected chi connectivity index (χ4v) is 2.94. The molecule has 0 aliphatic carbocycles. The van der Waals surface area contributed by atoms with Gasteiger partial charge in [-0.25, -0.2) is 0 Å². The van der Waals surface area contributed by atoms with E-state index in [-0.39, 0.29) is 16.2 Å². The molecule has 8 nitrogen and oxygen atoms in total. The normalized spacial score (nSPS) is 11.3. The summed E-state index contributed by atoms with van der Waals surface area (Å²) in [6.45, 7) is 0. The van der Waals surface area contributed by atoms with Gasteiger partial charge in [0.1, 0.15) is 23.1 Å². The van der Waals surface area contributed by atoms with Crippen LogP contribution in [0, 0.1) is 11.3 Å². The lowest BCUT2D eigenvalue weighted by Gasteiger charge is -2.08. The summed E-state index contributed by atoms with van der Waals surface area (Å²) in [6.07, 6.45) is 1.26. The maximum Gasteiger partial charge on any atom is 0.294 e. The Morgan fingerprint density at radius 3 is 2.06 bits per heavy atom. The molecule has 0 bridgehead atoms. The molecule has 0 aliphatic rings. The van der Waals surface area contributed by atoms with E-state index in [1.165, 1.54) is 18.3 Å². The standard InChI is InChI=1S/C22H17N3O5S/c23-14-16(22(26)25-18-8-12-21(13-9-18)31(27,28)29)15-24-17-6-10-20(11-7-17)30-19-4-2-1-3-5-19/h1-13,15,24H,(H,25,26)(H,27,28,29)/b16-15-. The predicted molar refractivity (Wildman–Crippen MR) is 115 cm³/mol. The van der Waals surface area contributed by atoms with E-state index in [0.29, 0.717) is 17.2 Å². The van der Waals surface area contributed by atoms with Crippen LogP contribution in [0.4, 0.5) is 11.4 Å². The van der Waals surface area contributed by atoms with Crippen LogP contribution >= 0.6 is 0 Å². The molecule has 3 aromatic rings. The zero-order valence-electron chi connectivity index (χ0n) is 16.0. The van der Waals surface area contributed by atoms with Crippen LogP contribution < -0.4 is 15.4 Å². The molecule has 0 heterocycles. The van der Waals surface area contributed by atoms with Crippen molar-refractivity contribution in [2.45, 2.75) is 4.90 Å². The van der Waals surface area contributed by atoms with E-state index in [1.807, 2.05) is 30.3 Å². The molecule has 0 atom stereocenters. The van der Waals surface area contributed by atoms with E-state index in [4.69, 9.17) is 9.29 Å². The highest BCUT2D eigenvalue weighted by Gasteiger charge is 2.12. The second-order valence-corrected chi connectivity index (χ2v) is 7.63. The van der Waals surface area contributed by atoms with Crippen LogP contribution in [0.1, 0.15) is 0 Å². The lowest BCUT2D eigenvalue weighted by molar-refractivity contribution is -0.112. The van der Waals surface area contributed by atoms with E-state index in [1.54, 1.807) is 30.3 Å². The van der Waals surface area contributed by atoms with Gasteiger partial charge in [0.2, 0.25) is 0 Å². The van der Waals surface area contributed by atoms with Gasteiger partial charge in [-0.05, 0) is 60.7 Å². The number of ether oxygens (including phenoxy) is 1. The number of hydrogen-bond acceptors (Lipinski definition) is 6. The van der Waals surface area contributed by atoms with Crippen molar-refractivity contribution in [3.63, 3.8) is 0 Å². The average molecular weight is 435 g/mol. The number of anilines is 2. The van der Waals surface area contributed by atoms with Gasteiger partial charge in [-0.15, -0.1) is 0 Å². The van der Waals surface area contributed by atoms with E-state index in [2.05, 4.69) is 10.6 Å². The summed E-state index contributed by atoms with van der Waals surface area (Å²) in [6, 6.07) is 22.9. The smallest absolute Gasteiger partial charge is 0.294 e. The quantitative estimate of drug-likeness (QED) is 0.288. The Balaban J connectivity index is 1.62. The molecule has 0 saturated heterocycles. The highest BCUT2D eigenvalue weighted by molar-refractivity contribution is 7.85. The Hall–Kier alpha value is -4.13. The van der Waals surface area contributed by atoms with Crippen molar-refractivity contribution >= 4 is 27.4 Å². The number of benzene rings is 3. The molecule has 0 saturated carbocycles. The minimum absolute atomic E-state index is 0.191. The fraction of sp³-hybridized carbons (Fsp3) is 0. The van der Waals surface area contributed by atoms with Gasteiger partial charge in [0.15, 0.2) is 0 Å². The fourth-order valence-electron chi connectivity index (χ4n) is 2.46. The number of carbonyl (C=O) groups excluding carboxylic acids is 1. The van der Waals surface area contributed by atoms with Crippen LogP contribution in [-0.4, -0.2) is 18.9 Å². The number of para-hydroxylation sites is 1. The van der Waals surface area contributed by atoms with Crippen molar-refractivity contribution in [2.24, 2.45) is 0 Å². The summed E-state index contributed by atoms with van der Waals surface area (Å²) in [4.78, 5) is 12.0. The molecule has 31 heavy (non-hydrogen) atoms. The second-order valence-electron chi connectivity index (χ2n) is 6.21. The molecule has 3 aromatic carbocycles. The third-order valence-corrected chi connectivity index (χ3v) is 4.86. The maximum absolute atomic E-state index is 12.3. The molecule has 0 unspecified atom stereocenters. The molecule has 0 radical (unpaired) electrons. The molecule has 0 aromatic heterocycles. The minimum Gasteiger partial charge on any atom is -0.457 e. The number of carbonyl (C=O) groups is 1. The van der Waals surface area contributed by atoms with Gasteiger partial charge in [-0.3, -0.25) is 9.35 Å². The highest BCUT2D eigenvalue weighted by Crippen LogP contribution is 2.22. The second kappa shape index (κ2) is 9.58. The van der Waals surface area contributed by atoms with Gasteiger partial charge in [0, 0.05) is 17.6 Å². The van der Waals surface area contributed by atoms with E-state index < -0.39 is 16.0 Å². The Labute approximate surface area is 179 Å². The van der Waals surface area contributed by atoms with Crippen LogP contribution in [0.25, 0.3) is 0 Å². The van der Waals surface area contributed by atoms with Gasteiger partial charge in [-0.2, -0.15) is 13.7 Å². The predicted octanol–water partition coefficient (Wildman–Crippen LogP) is 4.18. The molecule has 0 aliphatic heterocycles. The Morgan fingerprint density at radius 1 is 0.903 bits per heavy atom. The molecule has 3 rings (SSSR count). The lowest BCUT2D eigenvalue weighted by atomic mass is 10.2. The minimum atomic E-state index is -4.32. The van der Waals surface area contributed by atoms with Crippen LogP contribution in [0.5, 0.6) is 11.5 Å². The molecule has 3 N–H and O–H groups in total. The molecule has 9 heteroatoms. The van der Waals surface area contributed by atoms with E-state index in [0.717, 1.165) is 12.1 Å². The van der Waals surface area contributed by atoms with Gasteiger partial charge in [0.25, 0.3) is 16.0 Å². The van der Waals surface area contributed by atoms with E-state index in [9.17, 15) is 18.5 Å². The summed E-state index contributed by atoms with van der Waals surface area (Å²) in [7, 11) is -4.32. The van der Waals surface area contributed by atoms with Gasteiger partial charge in [-0.1, -0.05) is 18.2 Å². The maximum atomic E-state index is 12.3. The number of nitrogens with one attached hydrogen (secondary N) is 2. The SMILES string of the molecule is N#C/C(=C/Nc1ccc(Oc2ccccc2)cc1)C(=O)Nc1ccc(S(=O)(=O)O)cc1. The molecule has 1 amide bonds. The summed E-state index contributed by atoms with van der Waals surface area (Å²) >= 11 is 0. The monoisotopic (exact) mass is 435 g/mol. The first-order valence-corrected chi connectivity index (χ1v) is 10.4. The highest BCUT2D eigenvalue weighted by atomic mass is 32.2. The van der Waals surface area contributed by atoms with Crippen molar-refractivity contribution in [2.75, 3.05) is 10.6 Å². The van der Waals surface area contributed by atoms with Crippen LogP contribution in [-0.2, 0) is 14.9 Å². The van der Waals surface area contributed by atoms with Gasteiger partial charge < -0.3 is 15.4 Å². The van der Waals surface area contributed by atoms with Crippen molar-refractivity contribution in [3.05, 3.63) is 90.6 Å². The molecule has 156 valence electrons. The Bertz CT molecular complexity index is 1230. The Kier molecular flexibility index (Phi) is 6.67. The topological polar surface area (TPSA) is 129 Å². The molecule has 0 fully saturated rings. The van der Waals surface area contributed by atoms with Crippen LogP contribution in [0.3, 0.4) is 0 Å². The number of hydrogen-bond donors (Lipinski definition) is 3. The van der Waals surface area contributed by atoms with Crippen molar-refractivity contribution in [1.82, 2.24) is 0 Å². The van der Waals surface area contributed by atoms with Crippen molar-refractivity contribution < 1.29 is 22.5 Å². The number of amides is 1. The summed E-state index contributed by atoms with van der Waals surface area (Å²) in [5, 5.41) is 14.6. The van der Waals surface area contributed by atoms with Crippen LogP contribution in [0.2, 0.25) is 0 Å². The lowest BCUT2D eigenvalue weighted by Crippen LogP contribution is -2.14. The first kappa shape index (κ1) is 21.6. The van der Waals surface area contributed by atoms with Crippen LogP contribution in [0.15, 0.2) is 95.5 Å². The summed E-state index contributed by atoms with van der Waals surface area (Å²) in [5.41, 5.74) is 0.711. The largest absolute Gasteiger partial charge is 0.457 e. The third-order valence-electron chi connectivity index (χ3n) is 3.99. The average Bonchev–Trinajstić information content (AvgIpc) is 2.76. The first-order valence-electron chi connectivity index (χ1n) is 8.94. The molecular weight excluding hydrogens is 418 g/mol. The van der Waals surface area contributed by atoms with Gasteiger partial charge >= 0.3 is 0 Å². The first-order chi connectivity index (χ1) is 14.8. The van der Waals surface area contributed by atoms with Gasteiger partial charge in [0.05, 0.1) is 4.90 Å². The van der Waals surface area contributed by atoms with Crippen molar-refractivity contribution in [3.8, 4) is 17.6 Å².